The molecule has 1 fully saturated rings. The van der Waals surface area contributed by atoms with Crippen LogP contribution in [0.25, 0.3) is 22.5 Å². The number of carbonyl (C=O) groups excluding carboxylic acids is 3. The molecule has 1 atom stereocenters. The summed E-state index contributed by atoms with van der Waals surface area (Å²) in [5.41, 5.74) is 4.10. The number of ether oxygens (including phenoxy) is 2. The molecule has 2 heterocycles. The lowest BCUT2D eigenvalue weighted by Gasteiger charge is -2.48. The molecule has 1 aliphatic rings. The van der Waals surface area contributed by atoms with Crippen molar-refractivity contribution >= 4 is 35.4 Å². The van der Waals surface area contributed by atoms with Crippen molar-refractivity contribution in [2.24, 2.45) is 0 Å². The quantitative estimate of drug-likeness (QED) is 0.189. The monoisotopic (exact) mass is 630 g/mol. The molecular weight excluding hydrogens is 596 g/mol. The van der Waals surface area contributed by atoms with Crippen molar-refractivity contribution < 1.29 is 28.4 Å². The Hall–Kier alpha value is -4.83. The molecule has 2 N–H and O–H groups in total. The van der Waals surface area contributed by atoms with E-state index in [1.165, 1.54) is 0 Å². The second kappa shape index (κ2) is 13.4. The first-order chi connectivity index (χ1) is 21.7. The summed E-state index contributed by atoms with van der Waals surface area (Å²) in [6, 6.07) is 22.3. The Morgan fingerprint density at radius 3 is 2.22 bits per heavy atom. The number of esters is 1. The van der Waals surface area contributed by atoms with Crippen molar-refractivity contribution in [2.45, 2.75) is 39.2 Å². The van der Waals surface area contributed by atoms with Crippen LogP contribution in [0.2, 0.25) is 5.02 Å². The lowest BCUT2D eigenvalue weighted by molar-refractivity contribution is -0.156. The highest BCUT2D eigenvalue weighted by molar-refractivity contribution is 6.31. The lowest BCUT2D eigenvalue weighted by Crippen LogP contribution is -2.67. The Balaban J connectivity index is 1.29. The van der Waals surface area contributed by atoms with Gasteiger partial charge in [0.2, 0.25) is 0 Å². The van der Waals surface area contributed by atoms with E-state index in [0.29, 0.717) is 39.8 Å². The van der Waals surface area contributed by atoms with E-state index in [0.717, 1.165) is 16.7 Å². The molecule has 0 saturated carbocycles. The first-order valence-electron chi connectivity index (χ1n) is 14.8. The fraction of sp³-hybridized carbons (Fsp3) is 0.294. The predicted molar refractivity (Wildman–Crippen MR) is 171 cm³/mol. The van der Waals surface area contributed by atoms with Crippen molar-refractivity contribution in [3.05, 3.63) is 94.6 Å². The second-order valence-electron chi connectivity index (χ2n) is 10.8. The van der Waals surface area contributed by atoms with Gasteiger partial charge < -0.3 is 24.2 Å². The highest BCUT2D eigenvalue weighted by Crippen LogP contribution is 2.38. The fourth-order valence-corrected chi connectivity index (χ4v) is 5.67. The third kappa shape index (κ3) is 6.51. The summed E-state index contributed by atoms with van der Waals surface area (Å²) < 4.78 is 16.5. The molecule has 0 radical (unpaired) electrons. The number of hydrogen-bond acceptors (Lipinski definition) is 7. The molecule has 3 amide bonds. The van der Waals surface area contributed by atoms with Gasteiger partial charge in [-0.15, -0.1) is 0 Å². The van der Waals surface area contributed by atoms with Crippen LogP contribution in [0, 0.1) is 6.92 Å². The van der Waals surface area contributed by atoms with Gasteiger partial charge in [0.05, 0.1) is 6.61 Å². The third-order valence-electron chi connectivity index (χ3n) is 7.84. The summed E-state index contributed by atoms with van der Waals surface area (Å²) in [4.78, 5) is 39.7. The average molecular weight is 631 g/mol. The topological polar surface area (TPSA) is 123 Å². The second-order valence-corrected chi connectivity index (χ2v) is 11.2. The molecule has 0 bridgehead atoms. The molecule has 1 aliphatic heterocycles. The number of rotatable bonds is 9. The van der Waals surface area contributed by atoms with Crippen LogP contribution in [0.1, 0.15) is 43.7 Å². The first kappa shape index (κ1) is 31.6. The smallest absolute Gasteiger partial charge is 0.412 e. The van der Waals surface area contributed by atoms with E-state index >= 15 is 0 Å². The van der Waals surface area contributed by atoms with Crippen LogP contribution in [0.5, 0.6) is 0 Å². The van der Waals surface area contributed by atoms with Crippen molar-refractivity contribution in [2.75, 3.05) is 31.6 Å². The molecule has 1 saturated heterocycles. The number of halogens is 1. The van der Waals surface area contributed by atoms with Crippen LogP contribution in [-0.4, -0.2) is 54.4 Å². The van der Waals surface area contributed by atoms with Crippen LogP contribution >= 0.6 is 11.6 Å². The van der Waals surface area contributed by atoms with Gasteiger partial charge in [0, 0.05) is 35.8 Å². The Bertz CT molecular complexity index is 1680. The number of nitrogens with zero attached hydrogens (tertiary/aromatic N) is 2. The van der Waals surface area contributed by atoms with Gasteiger partial charge in [0.25, 0.3) is 0 Å². The molecule has 3 aromatic carbocycles. The molecule has 45 heavy (non-hydrogen) atoms. The number of hydrogen-bond donors (Lipinski definition) is 2. The molecule has 0 spiro atoms. The average Bonchev–Trinajstić information content (AvgIpc) is 3.36. The van der Waals surface area contributed by atoms with Gasteiger partial charge in [-0.25, -0.2) is 9.59 Å². The van der Waals surface area contributed by atoms with E-state index in [1.54, 1.807) is 37.8 Å². The van der Waals surface area contributed by atoms with E-state index in [1.807, 2.05) is 67.6 Å². The van der Waals surface area contributed by atoms with Gasteiger partial charge in [0.1, 0.15) is 22.9 Å². The molecule has 1 unspecified atom stereocenters. The molecule has 1 aromatic heterocycles. The summed E-state index contributed by atoms with van der Waals surface area (Å²) >= 11 is 6.25. The van der Waals surface area contributed by atoms with Crippen molar-refractivity contribution in [3.63, 3.8) is 0 Å². The zero-order chi connectivity index (χ0) is 32.1. The van der Waals surface area contributed by atoms with E-state index in [2.05, 4.69) is 15.8 Å². The van der Waals surface area contributed by atoms with E-state index < -0.39 is 17.6 Å². The van der Waals surface area contributed by atoms with E-state index in [4.69, 9.17) is 25.6 Å². The van der Waals surface area contributed by atoms with Crippen molar-refractivity contribution in [3.8, 4) is 22.5 Å². The number of anilines is 1. The van der Waals surface area contributed by atoms with Crippen LogP contribution in [-0.2, 0) is 19.7 Å². The van der Waals surface area contributed by atoms with Gasteiger partial charge in [-0.05, 0) is 50.5 Å². The summed E-state index contributed by atoms with van der Waals surface area (Å²) in [5.74, 6) is 0.0615. The molecule has 10 nitrogen and oxygen atoms in total. The molecule has 0 aliphatic carbocycles. The largest absolute Gasteiger partial charge is 0.465 e. The zero-order valence-corrected chi connectivity index (χ0v) is 26.3. The molecule has 234 valence electrons. The van der Waals surface area contributed by atoms with Crippen molar-refractivity contribution in [1.82, 2.24) is 15.4 Å². The number of amides is 3. The normalized spacial score (nSPS) is 14.2. The SMILES string of the molecule is CCNC(=O)N1CC(C(=O)OCC)(c2ccc(-c3ccc(-c4onc(C)c4NC(=O)OC(C)c4ccccc4Cl)cc3)cc2)C1. The number of aromatic nitrogens is 1. The van der Waals surface area contributed by atoms with Crippen LogP contribution < -0.4 is 10.6 Å². The maximum absolute atomic E-state index is 13.0. The minimum absolute atomic E-state index is 0.196. The number of aryl methyl sites for hydroxylation is 1. The number of carbonyl (C=O) groups is 3. The highest BCUT2D eigenvalue weighted by atomic mass is 35.5. The minimum Gasteiger partial charge on any atom is -0.465 e. The maximum Gasteiger partial charge on any atom is 0.412 e. The lowest BCUT2D eigenvalue weighted by atomic mass is 9.73. The molecular formula is C34H35ClN4O6. The number of nitrogens with one attached hydrogen (secondary N) is 2. The van der Waals surface area contributed by atoms with Crippen molar-refractivity contribution in [1.29, 1.82) is 0 Å². The Morgan fingerprint density at radius 2 is 1.60 bits per heavy atom. The summed E-state index contributed by atoms with van der Waals surface area (Å²) in [6.45, 7) is 8.39. The number of benzene rings is 3. The standard InChI is InChI=1S/C34H35ClN4O6/c1-5-36-32(41)39-19-34(20-39,31(40)43-6-2)26-17-15-24(16-18-26)23-11-13-25(14-12-23)30-29(21(3)38-45-30)37-33(42)44-22(4)27-9-7-8-10-28(27)35/h7-18,22H,5-6,19-20H2,1-4H3,(H,36,41)(H,37,42). The van der Waals surface area contributed by atoms with E-state index in [-0.39, 0.29) is 31.7 Å². The summed E-state index contributed by atoms with van der Waals surface area (Å²) in [5, 5.41) is 10.1. The maximum atomic E-state index is 13.0. The zero-order valence-electron chi connectivity index (χ0n) is 25.6. The Kier molecular flexibility index (Phi) is 9.43. The van der Waals surface area contributed by atoms with Crippen LogP contribution in [0.3, 0.4) is 0 Å². The van der Waals surface area contributed by atoms with Gasteiger partial charge in [-0.3, -0.25) is 10.1 Å². The molecule has 5 rings (SSSR count). The first-order valence-corrected chi connectivity index (χ1v) is 15.1. The van der Waals surface area contributed by atoms with Gasteiger partial charge >= 0.3 is 18.1 Å². The van der Waals surface area contributed by atoms with Gasteiger partial charge in [0.15, 0.2) is 5.76 Å². The Labute approximate surface area is 266 Å². The van der Waals surface area contributed by atoms with Crippen LogP contribution in [0.4, 0.5) is 15.3 Å². The summed E-state index contributed by atoms with van der Waals surface area (Å²) in [6.07, 6.45) is -1.23. The van der Waals surface area contributed by atoms with Gasteiger partial charge in [-0.1, -0.05) is 83.5 Å². The summed E-state index contributed by atoms with van der Waals surface area (Å²) in [7, 11) is 0. The number of likely N-dealkylation sites (tertiary alicyclic amines) is 1. The predicted octanol–water partition coefficient (Wildman–Crippen LogP) is 7.13. The molecule has 11 heteroatoms. The fourth-order valence-electron chi connectivity index (χ4n) is 5.38. The van der Waals surface area contributed by atoms with E-state index in [9.17, 15) is 14.4 Å². The van der Waals surface area contributed by atoms with Crippen LogP contribution in [0.15, 0.2) is 77.3 Å². The minimum atomic E-state index is -0.899. The molecule has 4 aromatic rings. The Morgan fingerprint density at radius 1 is 0.978 bits per heavy atom. The highest BCUT2D eigenvalue weighted by Gasteiger charge is 2.53. The third-order valence-corrected chi connectivity index (χ3v) is 8.18. The van der Waals surface area contributed by atoms with Gasteiger partial charge in [-0.2, -0.15) is 0 Å². The number of urea groups is 1.